The van der Waals surface area contributed by atoms with Crippen molar-refractivity contribution in [3.8, 4) is 11.5 Å². The van der Waals surface area contributed by atoms with Crippen molar-refractivity contribution < 1.29 is 27.1 Å². The van der Waals surface area contributed by atoms with E-state index in [4.69, 9.17) is 8.92 Å². The van der Waals surface area contributed by atoms with Gasteiger partial charge in [-0.3, -0.25) is 14.9 Å². The summed E-state index contributed by atoms with van der Waals surface area (Å²) in [7, 11) is -4.28. The number of carbonyl (C=O) groups is 1. The van der Waals surface area contributed by atoms with E-state index in [1.807, 2.05) is 0 Å². The number of esters is 1. The topological polar surface area (TPSA) is 113 Å². The first-order valence-corrected chi connectivity index (χ1v) is 8.08. The summed E-state index contributed by atoms with van der Waals surface area (Å²) in [5.41, 5.74) is -0.139. The van der Waals surface area contributed by atoms with Gasteiger partial charge in [-0.1, -0.05) is 12.1 Å². The largest absolute Gasteiger partial charge is 0.427 e. The lowest BCUT2D eigenvalue weighted by Gasteiger charge is -2.10. The van der Waals surface area contributed by atoms with Crippen molar-refractivity contribution in [3.63, 3.8) is 0 Å². The smallest absolute Gasteiger partial charge is 0.339 e. The Balaban J connectivity index is 2.36. The minimum Gasteiger partial charge on any atom is -0.427 e. The third-order valence-electron chi connectivity index (χ3n) is 2.95. The fourth-order valence-electron chi connectivity index (χ4n) is 1.89. The van der Waals surface area contributed by atoms with Crippen molar-refractivity contribution in [2.24, 2.45) is 0 Å². The molecule has 0 unspecified atom stereocenters. The summed E-state index contributed by atoms with van der Waals surface area (Å²) >= 11 is 0. The lowest BCUT2D eigenvalue weighted by Crippen LogP contribution is -2.12. The molecule has 0 saturated carbocycles. The molecule has 0 heterocycles. The fraction of sp³-hybridized carbons (Fsp3) is 0.133. The van der Waals surface area contributed by atoms with Gasteiger partial charge in [-0.15, -0.1) is 0 Å². The van der Waals surface area contributed by atoms with Crippen molar-refractivity contribution in [2.45, 2.75) is 18.7 Å². The summed E-state index contributed by atoms with van der Waals surface area (Å²) in [4.78, 5) is 20.9. The number of carbonyl (C=O) groups excluding carboxylic acids is 1. The average molecular weight is 351 g/mol. The zero-order chi connectivity index (χ0) is 17.9. The highest BCUT2D eigenvalue weighted by Gasteiger charge is 2.25. The molecule has 0 atom stereocenters. The Bertz CT molecular complexity index is 889. The van der Waals surface area contributed by atoms with Gasteiger partial charge in [-0.05, 0) is 31.2 Å². The molecule has 0 bridgehead atoms. The molecule has 2 rings (SSSR count). The van der Waals surface area contributed by atoms with E-state index in [9.17, 15) is 23.3 Å². The van der Waals surface area contributed by atoms with E-state index in [1.165, 1.54) is 50.2 Å². The Morgan fingerprint density at radius 1 is 1.12 bits per heavy atom. The van der Waals surface area contributed by atoms with Crippen LogP contribution in [0.15, 0.2) is 47.4 Å². The molecule has 0 N–H and O–H groups in total. The van der Waals surface area contributed by atoms with E-state index in [0.29, 0.717) is 5.56 Å². The zero-order valence-electron chi connectivity index (χ0n) is 12.8. The molecule has 24 heavy (non-hydrogen) atoms. The molecular weight excluding hydrogens is 338 g/mol. The molecule has 0 spiro atoms. The predicted molar refractivity (Wildman–Crippen MR) is 83.4 cm³/mol. The summed E-state index contributed by atoms with van der Waals surface area (Å²) in [5.74, 6) is -0.715. The van der Waals surface area contributed by atoms with Crippen molar-refractivity contribution in [1.29, 1.82) is 0 Å². The van der Waals surface area contributed by atoms with E-state index in [1.54, 1.807) is 0 Å². The van der Waals surface area contributed by atoms with Crippen molar-refractivity contribution >= 4 is 21.8 Å². The zero-order valence-corrected chi connectivity index (χ0v) is 13.6. The number of hydrogen-bond donors (Lipinski definition) is 0. The maximum Gasteiger partial charge on any atom is 0.339 e. The molecule has 0 saturated heterocycles. The Hall–Kier alpha value is -2.94. The van der Waals surface area contributed by atoms with Gasteiger partial charge in [0.2, 0.25) is 5.75 Å². The Morgan fingerprint density at radius 3 is 2.29 bits per heavy atom. The van der Waals surface area contributed by atoms with Crippen LogP contribution in [0.1, 0.15) is 12.5 Å². The second kappa shape index (κ2) is 6.67. The number of ether oxygens (including phenoxy) is 1. The van der Waals surface area contributed by atoms with Crippen LogP contribution in [0.2, 0.25) is 0 Å². The molecular formula is C15H13NO7S. The highest BCUT2D eigenvalue weighted by atomic mass is 32.2. The van der Waals surface area contributed by atoms with E-state index >= 15 is 0 Å². The van der Waals surface area contributed by atoms with Crippen molar-refractivity contribution in [3.05, 3.63) is 58.1 Å². The van der Waals surface area contributed by atoms with Crippen LogP contribution in [-0.2, 0) is 14.9 Å². The second-order valence-electron chi connectivity index (χ2n) is 4.78. The minimum atomic E-state index is -4.28. The monoisotopic (exact) mass is 351 g/mol. The van der Waals surface area contributed by atoms with Gasteiger partial charge in [0.1, 0.15) is 10.6 Å². The van der Waals surface area contributed by atoms with Crippen molar-refractivity contribution in [1.82, 2.24) is 0 Å². The molecule has 126 valence electrons. The molecule has 0 aliphatic rings. The summed E-state index contributed by atoms with van der Waals surface area (Å²) in [6.45, 7) is 2.72. The van der Waals surface area contributed by atoms with Gasteiger partial charge >= 0.3 is 21.8 Å². The Morgan fingerprint density at radius 2 is 1.75 bits per heavy atom. The molecule has 0 aliphatic carbocycles. The molecule has 9 heteroatoms. The Labute approximate surface area is 137 Å². The molecule has 8 nitrogen and oxygen atoms in total. The third-order valence-corrected chi connectivity index (χ3v) is 4.19. The highest BCUT2D eigenvalue weighted by molar-refractivity contribution is 7.87. The van der Waals surface area contributed by atoms with Crippen LogP contribution >= 0.6 is 0 Å². The summed E-state index contributed by atoms with van der Waals surface area (Å²) in [5, 5.41) is 11.0. The number of nitro groups is 1. The van der Waals surface area contributed by atoms with Crippen LogP contribution < -0.4 is 8.92 Å². The lowest BCUT2D eigenvalue weighted by molar-refractivity contribution is -0.385. The number of benzene rings is 2. The van der Waals surface area contributed by atoms with E-state index < -0.39 is 26.7 Å². The highest BCUT2D eigenvalue weighted by Crippen LogP contribution is 2.33. The van der Waals surface area contributed by atoms with Crippen molar-refractivity contribution in [2.75, 3.05) is 0 Å². The van der Waals surface area contributed by atoms with E-state index in [2.05, 4.69) is 0 Å². The summed E-state index contributed by atoms with van der Waals surface area (Å²) in [6, 6.07) is 9.01. The van der Waals surface area contributed by atoms with Gasteiger partial charge in [-0.25, -0.2) is 0 Å². The first-order chi connectivity index (χ1) is 11.2. The minimum absolute atomic E-state index is 0.170. The normalized spacial score (nSPS) is 10.9. The number of nitro benzene ring substituents is 1. The third kappa shape index (κ3) is 3.87. The predicted octanol–water partition coefficient (Wildman–Crippen LogP) is 2.60. The summed E-state index contributed by atoms with van der Waals surface area (Å²) < 4.78 is 34.4. The van der Waals surface area contributed by atoms with Crippen LogP contribution in [-0.4, -0.2) is 19.3 Å². The molecule has 0 amide bonds. The van der Waals surface area contributed by atoms with Gasteiger partial charge in [0.15, 0.2) is 0 Å². The van der Waals surface area contributed by atoms with Crippen LogP contribution in [0.5, 0.6) is 11.5 Å². The number of rotatable bonds is 5. The van der Waals surface area contributed by atoms with Gasteiger partial charge in [0, 0.05) is 18.6 Å². The van der Waals surface area contributed by atoms with E-state index in [-0.39, 0.29) is 16.4 Å². The molecule has 0 radical (unpaired) electrons. The number of nitrogens with zero attached hydrogens (tertiary/aromatic N) is 1. The van der Waals surface area contributed by atoms with Gasteiger partial charge < -0.3 is 8.92 Å². The van der Waals surface area contributed by atoms with Crippen LogP contribution in [0.25, 0.3) is 0 Å². The molecule has 0 fully saturated rings. The lowest BCUT2D eigenvalue weighted by atomic mass is 10.2. The molecule has 0 aromatic heterocycles. The quantitative estimate of drug-likeness (QED) is 0.267. The van der Waals surface area contributed by atoms with E-state index in [0.717, 1.165) is 6.07 Å². The molecule has 0 aliphatic heterocycles. The molecule has 2 aromatic carbocycles. The van der Waals surface area contributed by atoms with Gasteiger partial charge in [0.25, 0.3) is 0 Å². The number of hydrogen-bond acceptors (Lipinski definition) is 7. The second-order valence-corrected chi connectivity index (χ2v) is 6.33. The SMILES string of the molecule is CC(=O)Oc1ccc(S(=O)(=O)Oc2c(C)cccc2[N+](=O)[O-])cc1. The number of aryl methyl sites for hydroxylation is 1. The molecule has 2 aromatic rings. The number of para-hydroxylation sites is 1. The maximum atomic E-state index is 12.3. The van der Waals surface area contributed by atoms with Gasteiger partial charge in [0.05, 0.1) is 4.92 Å². The van der Waals surface area contributed by atoms with Crippen LogP contribution in [0, 0.1) is 17.0 Å². The van der Waals surface area contributed by atoms with Gasteiger partial charge in [-0.2, -0.15) is 8.42 Å². The van der Waals surface area contributed by atoms with Crippen LogP contribution in [0.4, 0.5) is 5.69 Å². The maximum absolute atomic E-state index is 12.3. The van der Waals surface area contributed by atoms with Crippen LogP contribution in [0.3, 0.4) is 0 Å². The standard InChI is InChI=1S/C15H13NO7S/c1-10-4-3-5-14(16(18)19)15(10)23-24(20,21)13-8-6-12(7-9-13)22-11(2)17/h3-9H,1-2H3. The fourth-order valence-corrected chi connectivity index (χ4v) is 2.89. The first kappa shape index (κ1) is 17.4. The first-order valence-electron chi connectivity index (χ1n) is 6.67. The Kier molecular flexibility index (Phi) is 4.84. The summed E-state index contributed by atoms with van der Waals surface area (Å²) in [6.07, 6.45) is 0. The average Bonchev–Trinajstić information content (AvgIpc) is 2.49.